The molecule has 0 rings (SSSR count). The number of carbonyl (C=O) groups is 1. The average Bonchev–Trinajstić information content (AvgIpc) is 3.26. The maximum atomic E-state index is 12.9. The zero-order valence-electron chi connectivity index (χ0n) is 42.7. The lowest BCUT2D eigenvalue weighted by atomic mass is 10.0. The number of allylic oxidation sites excluding steroid dienone is 13. The number of carbonyl (C=O) groups excluding carboxylic acids is 1. The van der Waals surface area contributed by atoms with Crippen LogP contribution in [0.15, 0.2) is 85.1 Å². The highest BCUT2D eigenvalue weighted by Gasteiger charge is 2.23. The van der Waals surface area contributed by atoms with Crippen LogP contribution in [0, 0.1) is 0 Å². The van der Waals surface area contributed by atoms with Gasteiger partial charge >= 0.3 is 0 Å². The number of nitrogens with one attached hydrogen (secondary N) is 1. The molecule has 1 amide bonds. The number of amides is 1. The Kier molecular flexibility index (Phi) is 45.1. The molecule has 65 heavy (non-hydrogen) atoms. The van der Waals surface area contributed by atoms with Crippen molar-refractivity contribution in [3.05, 3.63) is 85.1 Å². The highest BCUT2D eigenvalue weighted by molar-refractivity contribution is 7.45. The first kappa shape index (κ1) is 62.7. The minimum atomic E-state index is -4.61. The molecule has 0 aromatic heterocycles. The molecule has 0 radical (unpaired) electrons. The summed E-state index contributed by atoms with van der Waals surface area (Å²) in [7, 11) is 1.22. The Balaban J connectivity index is 4.40. The molecule has 0 spiro atoms. The van der Waals surface area contributed by atoms with Gasteiger partial charge in [0.25, 0.3) is 7.82 Å². The molecule has 0 aromatic carbocycles. The number of phosphoric acid groups is 1. The summed E-state index contributed by atoms with van der Waals surface area (Å²) in [6.45, 7) is 4.50. The van der Waals surface area contributed by atoms with Crippen LogP contribution in [0.4, 0.5) is 0 Å². The van der Waals surface area contributed by atoms with Crippen molar-refractivity contribution >= 4 is 13.7 Å². The number of hydrogen-bond donors (Lipinski definition) is 2. The molecule has 9 heteroatoms. The number of aliphatic hydroxyl groups is 1. The topological polar surface area (TPSA) is 108 Å². The minimum absolute atomic E-state index is 0.0148. The fourth-order valence-corrected chi connectivity index (χ4v) is 7.90. The number of quaternary nitrogens is 1. The van der Waals surface area contributed by atoms with Crippen LogP contribution in [0.5, 0.6) is 0 Å². The highest BCUT2D eigenvalue weighted by atomic mass is 31.2. The molecular formula is C56H101N2O6P. The molecule has 0 saturated heterocycles. The zero-order valence-corrected chi connectivity index (χ0v) is 43.6. The summed E-state index contributed by atoms with van der Waals surface area (Å²) < 4.78 is 23.3. The highest BCUT2D eigenvalue weighted by Crippen LogP contribution is 2.38. The van der Waals surface area contributed by atoms with E-state index in [0.717, 1.165) is 83.5 Å². The first-order chi connectivity index (χ1) is 31.5. The molecular weight excluding hydrogens is 828 g/mol. The van der Waals surface area contributed by atoms with Crippen LogP contribution < -0.4 is 10.2 Å². The zero-order chi connectivity index (χ0) is 47.8. The number of aliphatic hydroxyl groups excluding tert-OH is 1. The third-order valence-electron chi connectivity index (χ3n) is 11.3. The second-order valence-electron chi connectivity index (χ2n) is 18.8. The normalized spacial score (nSPS) is 14.8. The number of unbranched alkanes of at least 4 members (excludes halogenated alkanes) is 22. The van der Waals surface area contributed by atoms with Gasteiger partial charge in [0.2, 0.25) is 5.91 Å². The van der Waals surface area contributed by atoms with Crippen molar-refractivity contribution in [1.29, 1.82) is 0 Å². The fraction of sp³-hybridized carbons (Fsp3) is 0.732. The van der Waals surface area contributed by atoms with Crippen molar-refractivity contribution in [2.75, 3.05) is 40.9 Å². The summed E-state index contributed by atoms with van der Waals surface area (Å²) in [5.74, 6) is -0.223. The first-order valence-electron chi connectivity index (χ1n) is 26.4. The molecule has 0 fully saturated rings. The molecule has 0 aromatic rings. The van der Waals surface area contributed by atoms with Gasteiger partial charge in [0.1, 0.15) is 13.2 Å². The lowest BCUT2D eigenvalue weighted by molar-refractivity contribution is -0.870. The molecule has 8 nitrogen and oxygen atoms in total. The largest absolute Gasteiger partial charge is 0.756 e. The first-order valence-corrected chi connectivity index (χ1v) is 27.9. The van der Waals surface area contributed by atoms with Crippen LogP contribution in [-0.2, 0) is 18.4 Å². The predicted molar refractivity (Wildman–Crippen MR) is 279 cm³/mol. The quantitative estimate of drug-likeness (QED) is 0.0272. The number of rotatable bonds is 47. The van der Waals surface area contributed by atoms with E-state index in [9.17, 15) is 19.4 Å². The summed E-state index contributed by atoms with van der Waals surface area (Å²) in [5, 5.41) is 13.8. The van der Waals surface area contributed by atoms with Crippen molar-refractivity contribution in [1.82, 2.24) is 5.32 Å². The average molecular weight is 929 g/mol. The third-order valence-corrected chi connectivity index (χ3v) is 12.3. The van der Waals surface area contributed by atoms with Gasteiger partial charge in [-0.15, -0.1) is 0 Å². The maximum Gasteiger partial charge on any atom is 0.268 e. The monoisotopic (exact) mass is 929 g/mol. The number of likely N-dealkylation sites (N-methyl/N-ethyl adjacent to an activating group) is 1. The second kappa shape index (κ2) is 46.8. The van der Waals surface area contributed by atoms with E-state index in [0.29, 0.717) is 17.4 Å². The van der Waals surface area contributed by atoms with Gasteiger partial charge in [0, 0.05) is 6.42 Å². The van der Waals surface area contributed by atoms with Gasteiger partial charge in [-0.25, -0.2) is 0 Å². The summed E-state index contributed by atoms with van der Waals surface area (Å²) in [6, 6.07) is -0.920. The Morgan fingerprint density at radius 1 is 0.554 bits per heavy atom. The Hall–Kier alpha value is -2.32. The summed E-state index contributed by atoms with van der Waals surface area (Å²) >= 11 is 0. The van der Waals surface area contributed by atoms with Crippen LogP contribution in [-0.4, -0.2) is 68.5 Å². The van der Waals surface area contributed by atoms with E-state index in [4.69, 9.17) is 9.05 Å². The molecule has 3 atom stereocenters. The SMILES string of the molecule is CC/C=C\C/C=C\C/C=C\C/C=C\CCCCCCCCCCC(=O)NC(COP(=O)([O-])OCC[N+](C)(C)C)C(O)/C=C/CC/C=C/CC/C=C/CCCCCCCCCCCCCC. The molecule has 0 aliphatic rings. The fourth-order valence-electron chi connectivity index (χ4n) is 7.18. The van der Waals surface area contributed by atoms with Crippen LogP contribution >= 0.6 is 7.82 Å². The smallest absolute Gasteiger partial charge is 0.268 e. The number of phosphoric ester groups is 1. The molecule has 0 aliphatic heterocycles. The van der Waals surface area contributed by atoms with Crippen molar-refractivity contribution in [2.24, 2.45) is 0 Å². The molecule has 2 N–H and O–H groups in total. The van der Waals surface area contributed by atoms with E-state index >= 15 is 0 Å². The molecule has 0 heterocycles. The molecule has 3 unspecified atom stereocenters. The Bertz CT molecular complexity index is 1330. The third kappa shape index (κ3) is 49.4. The lowest BCUT2D eigenvalue weighted by Gasteiger charge is -2.29. The summed E-state index contributed by atoms with van der Waals surface area (Å²) in [5.41, 5.74) is 0. The van der Waals surface area contributed by atoms with E-state index in [2.05, 4.69) is 92.1 Å². The second-order valence-corrected chi connectivity index (χ2v) is 20.2. The number of nitrogens with zero attached hydrogens (tertiary/aromatic N) is 1. The van der Waals surface area contributed by atoms with Gasteiger partial charge < -0.3 is 28.8 Å². The van der Waals surface area contributed by atoms with Crippen molar-refractivity contribution in [3.8, 4) is 0 Å². The molecule has 376 valence electrons. The van der Waals surface area contributed by atoms with E-state index < -0.39 is 26.6 Å². The van der Waals surface area contributed by atoms with Crippen LogP contribution in [0.2, 0.25) is 0 Å². The standard InChI is InChI=1S/C56H101N2O6P/c1-6-8-10-12-14-16-18-20-22-24-26-28-30-31-33-35-37-39-41-43-45-47-49-55(59)54(53-64-65(61,62)63-52-51-58(3,4)5)57-56(60)50-48-46-44-42-40-38-36-34-32-29-27-25-23-21-19-17-15-13-11-9-7-2/h9,11,15,17,21,23,27,29,31,33,39,41,47,49,54-55,59H,6-8,10,12-14,16,18-20,22,24-26,28,30,32,34-38,40,42-46,48,50-53H2,1-5H3,(H-,57,60,61,62)/b11-9-,17-15-,23-21-,29-27-,33-31+,41-39+,49-47+. The lowest BCUT2D eigenvalue weighted by Crippen LogP contribution is -2.45. The Labute approximate surface area is 401 Å². The van der Waals surface area contributed by atoms with Gasteiger partial charge in [-0.3, -0.25) is 9.36 Å². The Morgan fingerprint density at radius 2 is 0.954 bits per heavy atom. The van der Waals surface area contributed by atoms with E-state index in [-0.39, 0.29) is 12.5 Å². The van der Waals surface area contributed by atoms with Crippen LogP contribution in [0.1, 0.15) is 213 Å². The number of hydrogen-bond acceptors (Lipinski definition) is 6. The molecule has 0 saturated carbocycles. The maximum absolute atomic E-state index is 12.9. The summed E-state index contributed by atoms with van der Waals surface area (Å²) in [4.78, 5) is 25.4. The van der Waals surface area contributed by atoms with Gasteiger partial charge in [0.15, 0.2) is 0 Å². The van der Waals surface area contributed by atoms with Gasteiger partial charge in [-0.05, 0) is 83.5 Å². The van der Waals surface area contributed by atoms with Crippen molar-refractivity contribution in [2.45, 2.75) is 225 Å². The van der Waals surface area contributed by atoms with E-state index in [1.165, 1.54) is 109 Å². The van der Waals surface area contributed by atoms with E-state index in [1.807, 2.05) is 27.2 Å². The van der Waals surface area contributed by atoms with Gasteiger partial charge in [-0.2, -0.15) is 0 Å². The van der Waals surface area contributed by atoms with Gasteiger partial charge in [0.05, 0.1) is 39.9 Å². The van der Waals surface area contributed by atoms with Gasteiger partial charge in [-0.1, -0.05) is 208 Å². The van der Waals surface area contributed by atoms with Crippen molar-refractivity contribution in [3.63, 3.8) is 0 Å². The summed E-state index contributed by atoms with van der Waals surface area (Å²) in [6.07, 6.45) is 65.0. The predicted octanol–water partition coefficient (Wildman–Crippen LogP) is 15.1. The Morgan fingerprint density at radius 3 is 1.43 bits per heavy atom. The minimum Gasteiger partial charge on any atom is -0.756 e. The van der Waals surface area contributed by atoms with Crippen LogP contribution in [0.3, 0.4) is 0 Å². The molecule has 0 aliphatic carbocycles. The van der Waals surface area contributed by atoms with E-state index in [1.54, 1.807) is 6.08 Å². The van der Waals surface area contributed by atoms with Crippen molar-refractivity contribution < 1.29 is 32.9 Å². The van der Waals surface area contributed by atoms with Crippen LogP contribution in [0.25, 0.3) is 0 Å². The molecule has 0 bridgehead atoms.